The predicted molar refractivity (Wildman–Crippen MR) is 204 cm³/mol. The molecule has 0 saturated carbocycles. The molecule has 260 valence electrons. The van der Waals surface area contributed by atoms with E-state index in [0.29, 0.717) is 0 Å². The number of rotatable bonds is 24. The van der Waals surface area contributed by atoms with Gasteiger partial charge in [0.25, 0.3) is 0 Å². The second kappa shape index (κ2) is 23.1. The maximum atomic E-state index is 5.94. The number of benzene rings is 4. The third-order valence-electron chi connectivity index (χ3n) is 8.57. The second-order valence-corrected chi connectivity index (χ2v) is 12.8. The second-order valence-electron chi connectivity index (χ2n) is 12.8. The molecule has 0 aliphatic carbocycles. The van der Waals surface area contributed by atoms with Gasteiger partial charge in [0.1, 0.15) is 11.5 Å². The molecular weight excluding hydrogens is 604 g/mol. The fraction of sp³-hybridized carbons (Fsp3) is 0.442. The SMILES string of the molecule is CCCCc1ccc(N=Nc2ccc(OCCCCCCCCCCCOc3ccc(N=Nc4ccc(CCCC)cc4)cc3)cc2)cc1. The van der Waals surface area contributed by atoms with Crippen molar-refractivity contribution >= 4 is 22.7 Å². The average Bonchev–Trinajstić information content (AvgIpc) is 3.15. The van der Waals surface area contributed by atoms with E-state index in [1.807, 2.05) is 72.8 Å². The molecule has 49 heavy (non-hydrogen) atoms. The number of azo groups is 2. The summed E-state index contributed by atoms with van der Waals surface area (Å²) in [5.74, 6) is 1.78. The predicted octanol–water partition coefficient (Wildman–Crippen LogP) is 14.2. The van der Waals surface area contributed by atoms with Crippen LogP contribution in [0, 0.1) is 0 Å². The molecule has 0 aliphatic heterocycles. The first-order valence-corrected chi connectivity index (χ1v) is 18.7. The van der Waals surface area contributed by atoms with Gasteiger partial charge in [-0.2, -0.15) is 20.5 Å². The van der Waals surface area contributed by atoms with Gasteiger partial charge in [0.05, 0.1) is 36.0 Å². The van der Waals surface area contributed by atoms with Crippen molar-refractivity contribution in [3.63, 3.8) is 0 Å². The Bertz CT molecular complexity index is 1370. The summed E-state index contributed by atoms with van der Waals surface area (Å²) in [6, 6.07) is 32.5. The van der Waals surface area contributed by atoms with Crippen LogP contribution in [0.2, 0.25) is 0 Å². The molecule has 0 bridgehead atoms. The lowest BCUT2D eigenvalue weighted by atomic mass is 10.1. The molecule has 6 nitrogen and oxygen atoms in total. The molecule has 4 rings (SSSR count). The smallest absolute Gasteiger partial charge is 0.119 e. The van der Waals surface area contributed by atoms with E-state index in [9.17, 15) is 0 Å². The van der Waals surface area contributed by atoms with Crippen LogP contribution in [0.15, 0.2) is 118 Å². The summed E-state index contributed by atoms with van der Waals surface area (Å²) < 4.78 is 11.9. The molecule has 0 radical (unpaired) electrons. The van der Waals surface area contributed by atoms with Crippen molar-refractivity contribution in [3.8, 4) is 11.5 Å². The van der Waals surface area contributed by atoms with E-state index < -0.39 is 0 Å². The van der Waals surface area contributed by atoms with E-state index in [1.165, 1.54) is 81.8 Å². The van der Waals surface area contributed by atoms with Crippen molar-refractivity contribution in [2.45, 2.75) is 110 Å². The van der Waals surface area contributed by atoms with Gasteiger partial charge in [-0.15, -0.1) is 0 Å². The number of hydrogen-bond donors (Lipinski definition) is 0. The maximum Gasteiger partial charge on any atom is 0.119 e. The highest BCUT2D eigenvalue weighted by atomic mass is 16.5. The minimum absolute atomic E-state index is 0.756. The molecule has 0 saturated heterocycles. The third kappa shape index (κ3) is 15.6. The number of nitrogens with zero attached hydrogens (tertiary/aromatic N) is 4. The van der Waals surface area contributed by atoms with Gasteiger partial charge in [0.15, 0.2) is 0 Å². The van der Waals surface area contributed by atoms with E-state index >= 15 is 0 Å². The molecule has 0 N–H and O–H groups in total. The van der Waals surface area contributed by atoms with Crippen LogP contribution in [-0.2, 0) is 12.8 Å². The van der Waals surface area contributed by atoms with Crippen LogP contribution in [-0.4, -0.2) is 13.2 Å². The summed E-state index contributed by atoms with van der Waals surface area (Å²) in [5.41, 5.74) is 6.13. The van der Waals surface area contributed by atoms with Crippen molar-refractivity contribution in [2.75, 3.05) is 13.2 Å². The van der Waals surface area contributed by atoms with Gasteiger partial charge in [0.2, 0.25) is 0 Å². The first-order valence-electron chi connectivity index (χ1n) is 18.7. The Kier molecular flexibility index (Phi) is 17.7. The van der Waals surface area contributed by atoms with Crippen LogP contribution in [0.4, 0.5) is 22.7 Å². The average molecular weight is 661 g/mol. The molecule has 6 heteroatoms. The molecule has 0 unspecified atom stereocenters. The molecule has 0 fully saturated rings. The molecule has 0 amide bonds. The Morgan fingerprint density at radius 2 is 0.633 bits per heavy atom. The van der Waals surface area contributed by atoms with Crippen molar-refractivity contribution in [3.05, 3.63) is 108 Å². The molecule has 4 aromatic rings. The molecular formula is C43H56N4O2. The van der Waals surface area contributed by atoms with E-state index in [4.69, 9.17) is 9.47 Å². The van der Waals surface area contributed by atoms with Crippen molar-refractivity contribution in [1.82, 2.24) is 0 Å². The highest BCUT2D eigenvalue weighted by molar-refractivity contribution is 5.44. The van der Waals surface area contributed by atoms with Crippen LogP contribution in [0.5, 0.6) is 11.5 Å². The lowest BCUT2D eigenvalue weighted by Gasteiger charge is -2.07. The van der Waals surface area contributed by atoms with E-state index in [0.717, 1.165) is 73.1 Å². The lowest BCUT2D eigenvalue weighted by molar-refractivity contribution is 0.302. The molecule has 0 atom stereocenters. The Morgan fingerprint density at radius 3 is 0.939 bits per heavy atom. The number of ether oxygens (including phenoxy) is 2. The van der Waals surface area contributed by atoms with Crippen LogP contribution < -0.4 is 9.47 Å². The van der Waals surface area contributed by atoms with E-state index in [1.54, 1.807) is 0 Å². The molecule has 4 aromatic carbocycles. The van der Waals surface area contributed by atoms with Gasteiger partial charge in [-0.05, 0) is 122 Å². The normalized spacial score (nSPS) is 11.5. The monoisotopic (exact) mass is 660 g/mol. The number of aryl methyl sites for hydroxylation is 2. The van der Waals surface area contributed by atoms with Gasteiger partial charge in [0, 0.05) is 0 Å². The van der Waals surface area contributed by atoms with Gasteiger partial charge in [-0.1, -0.05) is 95.9 Å². The first kappa shape index (κ1) is 37.5. The Balaban J connectivity index is 0.956. The van der Waals surface area contributed by atoms with E-state index in [2.05, 4.69) is 58.6 Å². The zero-order valence-electron chi connectivity index (χ0n) is 29.9. The van der Waals surface area contributed by atoms with Gasteiger partial charge >= 0.3 is 0 Å². The standard InChI is InChI=1S/C43H56N4O2/c1-3-5-16-36-18-22-38(23-19-36)44-46-40-26-30-42(31-27-40)48-34-14-12-10-8-7-9-11-13-15-35-49-43-32-28-41(29-33-43)47-45-39-24-20-37(21-25-39)17-6-4-2/h18-33H,3-17,34-35H2,1-2H3. The van der Waals surface area contributed by atoms with Crippen LogP contribution in [0.25, 0.3) is 0 Å². The topological polar surface area (TPSA) is 67.9 Å². The fourth-order valence-electron chi connectivity index (χ4n) is 5.49. The number of unbranched alkanes of at least 4 members (excludes halogenated alkanes) is 10. The summed E-state index contributed by atoms with van der Waals surface area (Å²) in [4.78, 5) is 0. The highest BCUT2D eigenvalue weighted by Gasteiger charge is 2.00. The fourth-order valence-corrected chi connectivity index (χ4v) is 5.49. The Morgan fingerprint density at radius 1 is 0.347 bits per heavy atom. The van der Waals surface area contributed by atoms with Crippen molar-refractivity contribution in [1.29, 1.82) is 0 Å². The Hall–Kier alpha value is -4.32. The van der Waals surface area contributed by atoms with Crippen LogP contribution >= 0.6 is 0 Å². The van der Waals surface area contributed by atoms with Gasteiger partial charge in [-0.3, -0.25) is 0 Å². The summed E-state index contributed by atoms with van der Waals surface area (Å²) in [5, 5.41) is 17.5. The maximum absolute atomic E-state index is 5.94. The minimum Gasteiger partial charge on any atom is -0.494 e. The highest BCUT2D eigenvalue weighted by Crippen LogP contribution is 2.24. The molecule has 0 heterocycles. The largest absolute Gasteiger partial charge is 0.494 e. The summed E-state index contributed by atoms with van der Waals surface area (Å²) in [6.45, 7) is 5.95. The first-order chi connectivity index (χ1) is 24.2. The zero-order chi connectivity index (χ0) is 34.2. The lowest BCUT2D eigenvalue weighted by Crippen LogP contribution is -1.97. The van der Waals surface area contributed by atoms with Crippen molar-refractivity contribution in [2.24, 2.45) is 20.5 Å². The number of hydrogen-bond acceptors (Lipinski definition) is 6. The molecule has 0 aliphatic rings. The molecule has 0 aromatic heterocycles. The zero-order valence-corrected chi connectivity index (χ0v) is 29.9. The van der Waals surface area contributed by atoms with Gasteiger partial charge in [-0.25, -0.2) is 0 Å². The third-order valence-corrected chi connectivity index (χ3v) is 8.57. The minimum atomic E-state index is 0.756. The van der Waals surface area contributed by atoms with Crippen molar-refractivity contribution < 1.29 is 9.47 Å². The molecule has 0 spiro atoms. The van der Waals surface area contributed by atoms with Gasteiger partial charge < -0.3 is 9.47 Å². The summed E-state index contributed by atoms with van der Waals surface area (Å²) in [7, 11) is 0. The Labute approximate surface area is 295 Å². The van der Waals surface area contributed by atoms with Crippen LogP contribution in [0.1, 0.15) is 108 Å². The van der Waals surface area contributed by atoms with E-state index in [-0.39, 0.29) is 0 Å². The summed E-state index contributed by atoms with van der Waals surface area (Å²) >= 11 is 0. The quantitative estimate of drug-likeness (QED) is 0.0554. The van der Waals surface area contributed by atoms with Crippen LogP contribution in [0.3, 0.4) is 0 Å². The summed E-state index contributed by atoms with van der Waals surface area (Å²) in [6.07, 6.45) is 18.1.